The van der Waals surface area contributed by atoms with Gasteiger partial charge in [-0.25, -0.2) is 9.50 Å². The van der Waals surface area contributed by atoms with E-state index in [-0.39, 0.29) is 18.2 Å². The summed E-state index contributed by atoms with van der Waals surface area (Å²) in [7, 11) is 1.60. The van der Waals surface area contributed by atoms with Crippen molar-refractivity contribution in [3.63, 3.8) is 0 Å². The Hall–Kier alpha value is -3.02. The maximum atomic E-state index is 12.4. The molecule has 0 aliphatic heterocycles. The Balaban J connectivity index is 1.59. The van der Waals surface area contributed by atoms with Crippen molar-refractivity contribution in [1.82, 2.24) is 24.5 Å². The van der Waals surface area contributed by atoms with Crippen molar-refractivity contribution in [1.29, 1.82) is 5.26 Å². The van der Waals surface area contributed by atoms with Gasteiger partial charge in [0.1, 0.15) is 12.0 Å². The van der Waals surface area contributed by atoms with Crippen LogP contribution in [0.1, 0.15) is 49.3 Å². The number of aromatic nitrogens is 4. The molecule has 2 heterocycles. The van der Waals surface area contributed by atoms with Gasteiger partial charge in [0, 0.05) is 18.4 Å². The lowest BCUT2D eigenvalue weighted by molar-refractivity contribution is -0.153. The number of likely N-dealkylation sites (N-methyl/N-ethyl adjacent to an activating group) is 1. The van der Waals surface area contributed by atoms with Crippen molar-refractivity contribution in [3.8, 4) is 6.07 Å². The van der Waals surface area contributed by atoms with Crippen molar-refractivity contribution in [2.45, 2.75) is 57.9 Å². The molecule has 0 saturated heterocycles. The monoisotopic (exact) mass is 384 g/mol. The van der Waals surface area contributed by atoms with Gasteiger partial charge in [0.25, 0.3) is 11.7 Å². The minimum Gasteiger partial charge on any atom is -0.455 e. The van der Waals surface area contributed by atoms with E-state index < -0.39 is 18.1 Å². The number of fused-ring (bicyclic) bond motifs is 1. The van der Waals surface area contributed by atoms with E-state index in [9.17, 15) is 14.9 Å². The highest BCUT2D eigenvalue weighted by atomic mass is 16.5. The molecular weight excluding hydrogens is 360 g/mol. The SMILES string of the molecule is Cc1cc(C)n2nc(CC(=O)OCC(=O)N(C)C3(C#N)CCCCC3)nc2n1. The highest BCUT2D eigenvalue weighted by Gasteiger charge is 2.39. The molecule has 2 aromatic heterocycles. The molecule has 148 valence electrons. The van der Waals surface area contributed by atoms with Crippen LogP contribution < -0.4 is 0 Å². The molecule has 0 aromatic carbocycles. The third-order valence-electron chi connectivity index (χ3n) is 5.23. The van der Waals surface area contributed by atoms with Crippen LogP contribution in [0.4, 0.5) is 0 Å². The lowest BCUT2D eigenvalue weighted by Crippen LogP contribution is -2.51. The summed E-state index contributed by atoms with van der Waals surface area (Å²) in [5.41, 5.74) is 0.876. The summed E-state index contributed by atoms with van der Waals surface area (Å²) in [5, 5.41) is 13.8. The van der Waals surface area contributed by atoms with Crippen LogP contribution in [0, 0.1) is 25.2 Å². The minimum atomic E-state index is -0.800. The van der Waals surface area contributed by atoms with Gasteiger partial charge >= 0.3 is 5.97 Å². The van der Waals surface area contributed by atoms with Gasteiger partial charge in [-0.05, 0) is 32.8 Å². The van der Waals surface area contributed by atoms with E-state index in [1.807, 2.05) is 19.9 Å². The number of ether oxygens (including phenoxy) is 1. The average molecular weight is 384 g/mol. The Morgan fingerprint density at radius 2 is 2.00 bits per heavy atom. The normalized spacial score (nSPS) is 15.8. The lowest BCUT2D eigenvalue weighted by atomic mass is 9.81. The second-order valence-corrected chi connectivity index (χ2v) is 7.27. The van der Waals surface area contributed by atoms with Crippen molar-refractivity contribution >= 4 is 17.7 Å². The maximum absolute atomic E-state index is 12.4. The predicted molar refractivity (Wildman–Crippen MR) is 99.1 cm³/mol. The van der Waals surface area contributed by atoms with Crippen molar-refractivity contribution in [3.05, 3.63) is 23.3 Å². The first-order valence-corrected chi connectivity index (χ1v) is 9.38. The molecule has 1 aliphatic rings. The molecule has 0 radical (unpaired) electrons. The van der Waals surface area contributed by atoms with E-state index in [0.29, 0.717) is 18.6 Å². The number of nitriles is 1. The average Bonchev–Trinajstić information content (AvgIpc) is 3.08. The second-order valence-electron chi connectivity index (χ2n) is 7.27. The number of esters is 1. The van der Waals surface area contributed by atoms with Crippen molar-refractivity contribution in [2.24, 2.45) is 0 Å². The summed E-state index contributed by atoms with van der Waals surface area (Å²) in [4.78, 5) is 34.5. The van der Waals surface area contributed by atoms with Gasteiger partial charge in [0.05, 0.1) is 6.07 Å². The Bertz CT molecular complexity index is 939. The van der Waals surface area contributed by atoms with Gasteiger partial charge in [-0.15, -0.1) is 5.10 Å². The van der Waals surface area contributed by atoms with E-state index in [1.165, 1.54) is 4.90 Å². The third-order valence-corrected chi connectivity index (χ3v) is 5.23. The van der Waals surface area contributed by atoms with E-state index in [1.54, 1.807) is 11.6 Å². The van der Waals surface area contributed by atoms with Gasteiger partial charge in [-0.3, -0.25) is 9.59 Å². The minimum absolute atomic E-state index is 0.151. The van der Waals surface area contributed by atoms with Crippen molar-refractivity contribution < 1.29 is 14.3 Å². The topological polar surface area (TPSA) is 113 Å². The molecule has 3 rings (SSSR count). The number of rotatable bonds is 5. The fraction of sp³-hybridized carbons (Fsp3) is 0.579. The molecule has 0 bridgehead atoms. The fourth-order valence-electron chi connectivity index (χ4n) is 3.60. The van der Waals surface area contributed by atoms with Crippen LogP contribution in [0.25, 0.3) is 5.78 Å². The van der Waals surface area contributed by atoms with Gasteiger partial charge in [-0.2, -0.15) is 10.2 Å². The van der Waals surface area contributed by atoms with Crippen LogP contribution in [0.5, 0.6) is 0 Å². The zero-order valence-electron chi connectivity index (χ0n) is 16.4. The van der Waals surface area contributed by atoms with Crippen LogP contribution in [-0.4, -0.2) is 55.6 Å². The van der Waals surface area contributed by atoms with Crippen LogP contribution >= 0.6 is 0 Å². The van der Waals surface area contributed by atoms with Crippen LogP contribution in [0.3, 0.4) is 0 Å². The molecule has 28 heavy (non-hydrogen) atoms. The fourth-order valence-corrected chi connectivity index (χ4v) is 3.60. The number of carbonyl (C=O) groups excluding carboxylic acids is 2. The Kier molecular flexibility index (Phi) is 5.58. The number of aryl methyl sites for hydroxylation is 2. The number of hydrogen-bond donors (Lipinski definition) is 0. The second kappa shape index (κ2) is 7.92. The number of hydrogen-bond acceptors (Lipinski definition) is 7. The van der Waals surface area contributed by atoms with E-state index in [0.717, 1.165) is 30.7 Å². The largest absolute Gasteiger partial charge is 0.455 e. The highest BCUT2D eigenvalue weighted by molar-refractivity contribution is 5.81. The molecule has 1 saturated carbocycles. The first kappa shape index (κ1) is 19.7. The van der Waals surface area contributed by atoms with E-state index in [2.05, 4.69) is 21.1 Å². The lowest BCUT2D eigenvalue weighted by Gasteiger charge is -2.38. The van der Waals surface area contributed by atoms with Gasteiger partial charge < -0.3 is 9.64 Å². The van der Waals surface area contributed by atoms with Crippen LogP contribution in [0.2, 0.25) is 0 Å². The summed E-state index contributed by atoms with van der Waals surface area (Å²) >= 11 is 0. The maximum Gasteiger partial charge on any atom is 0.314 e. The smallest absolute Gasteiger partial charge is 0.314 e. The molecule has 1 aliphatic carbocycles. The quantitative estimate of drug-likeness (QED) is 0.718. The summed E-state index contributed by atoms with van der Waals surface area (Å²) < 4.78 is 6.67. The Morgan fingerprint density at radius 3 is 2.68 bits per heavy atom. The van der Waals surface area contributed by atoms with Gasteiger partial charge in [-0.1, -0.05) is 19.3 Å². The molecule has 0 unspecified atom stereocenters. The predicted octanol–water partition coefficient (Wildman–Crippen LogP) is 1.51. The molecule has 9 nitrogen and oxygen atoms in total. The summed E-state index contributed by atoms with van der Waals surface area (Å²) in [6.45, 7) is 3.34. The molecular formula is C19H24N6O3. The molecule has 2 aromatic rings. The van der Waals surface area contributed by atoms with Crippen LogP contribution in [0.15, 0.2) is 6.07 Å². The Labute approximate surface area is 163 Å². The third kappa shape index (κ3) is 3.96. The standard InChI is InChI=1S/C19H24N6O3/c1-13-9-14(2)25-18(21-13)22-15(23-25)10-17(27)28-11-16(26)24(3)19(12-20)7-5-4-6-8-19/h9H,4-8,10-11H2,1-3H3. The molecule has 9 heteroatoms. The van der Waals surface area contributed by atoms with Gasteiger partial charge in [0.15, 0.2) is 12.4 Å². The summed E-state index contributed by atoms with van der Waals surface area (Å²) in [6.07, 6.45) is 4.05. The molecule has 0 atom stereocenters. The number of nitrogens with zero attached hydrogens (tertiary/aromatic N) is 6. The zero-order chi connectivity index (χ0) is 20.3. The van der Waals surface area contributed by atoms with E-state index >= 15 is 0 Å². The number of amides is 1. The van der Waals surface area contributed by atoms with Gasteiger partial charge in [0.2, 0.25) is 0 Å². The first-order chi connectivity index (χ1) is 13.3. The first-order valence-electron chi connectivity index (χ1n) is 9.38. The Morgan fingerprint density at radius 1 is 1.29 bits per heavy atom. The highest BCUT2D eigenvalue weighted by Crippen LogP contribution is 2.32. The summed E-state index contributed by atoms with van der Waals surface area (Å²) in [6, 6.07) is 4.15. The van der Waals surface area contributed by atoms with E-state index in [4.69, 9.17) is 4.74 Å². The molecule has 1 amide bonds. The van der Waals surface area contributed by atoms with Crippen molar-refractivity contribution in [2.75, 3.05) is 13.7 Å². The van der Waals surface area contributed by atoms with Crippen LogP contribution in [-0.2, 0) is 20.7 Å². The molecule has 0 N–H and O–H groups in total. The zero-order valence-corrected chi connectivity index (χ0v) is 16.4. The number of carbonyl (C=O) groups is 2. The summed E-state index contributed by atoms with van der Waals surface area (Å²) in [5.74, 6) is -0.272. The molecule has 0 spiro atoms. The molecule has 1 fully saturated rings.